The molecule has 0 amide bonds. The van der Waals surface area contributed by atoms with Crippen molar-refractivity contribution in [2.45, 2.75) is 20.4 Å². The highest BCUT2D eigenvalue weighted by molar-refractivity contribution is 7.11. The van der Waals surface area contributed by atoms with Crippen molar-refractivity contribution < 1.29 is 4.74 Å². The lowest BCUT2D eigenvalue weighted by Crippen LogP contribution is -2.38. The minimum Gasteiger partial charge on any atom is -0.383 e. The lowest BCUT2D eigenvalue weighted by Gasteiger charge is -2.10. The summed E-state index contributed by atoms with van der Waals surface area (Å²) < 4.78 is 4.97. The molecule has 0 fully saturated rings. The average Bonchev–Trinajstić information content (AvgIpc) is 2.62. The highest BCUT2D eigenvalue weighted by atomic mass is 32.1. The summed E-state index contributed by atoms with van der Waals surface area (Å²) in [6.45, 7) is 6.22. The second-order valence-corrected chi connectivity index (χ2v) is 4.87. The number of aliphatic imine (C=N–C) groups is 1. The van der Waals surface area contributed by atoms with Crippen molar-refractivity contribution in [2.24, 2.45) is 4.99 Å². The number of nitrogens with one attached hydrogen (secondary N) is 2. The van der Waals surface area contributed by atoms with Crippen LogP contribution in [0.3, 0.4) is 0 Å². The second kappa shape index (κ2) is 7.24. The molecular formula is C11H20N4OS. The van der Waals surface area contributed by atoms with Gasteiger partial charge in [0.15, 0.2) is 5.96 Å². The first-order valence-electron chi connectivity index (χ1n) is 5.53. The Hall–Kier alpha value is -1.14. The van der Waals surface area contributed by atoms with Gasteiger partial charge in [0.05, 0.1) is 23.9 Å². The number of guanidine groups is 1. The van der Waals surface area contributed by atoms with E-state index in [1.807, 2.05) is 13.8 Å². The third kappa shape index (κ3) is 4.70. The molecule has 0 aliphatic rings. The van der Waals surface area contributed by atoms with Crippen molar-refractivity contribution in [1.29, 1.82) is 0 Å². The van der Waals surface area contributed by atoms with Crippen LogP contribution < -0.4 is 10.6 Å². The Labute approximate surface area is 106 Å². The zero-order chi connectivity index (χ0) is 12.7. The average molecular weight is 256 g/mol. The maximum absolute atomic E-state index is 4.97. The SMILES string of the molecule is CN=C(NCCOC)NCc1sc(C)nc1C. The third-order valence-corrected chi connectivity index (χ3v) is 3.31. The zero-order valence-electron chi connectivity index (χ0n) is 10.8. The van der Waals surface area contributed by atoms with Crippen molar-refractivity contribution >= 4 is 17.3 Å². The lowest BCUT2D eigenvalue weighted by atomic mass is 10.4. The molecule has 0 bridgehead atoms. The fourth-order valence-electron chi connectivity index (χ4n) is 1.39. The fraction of sp³-hybridized carbons (Fsp3) is 0.636. The molecule has 0 aliphatic heterocycles. The number of thiazole rings is 1. The number of hydrogen-bond donors (Lipinski definition) is 2. The molecule has 0 atom stereocenters. The Balaban J connectivity index is 2.40. The maximum atomic E-state index is 4.97. The largest absolute Gasteiger partial charge is 0.383 e. The van der Waals surface area contributed by atoms with Gasteiger partial charge in [-0.15, -0.1) is 11.3 Å². The van der Waals surface area contributed by atoms with Crippen LogP contribution in [-0.4, -0.2) is 38.3 Å². The molecule has 0 unspecified atom stereocenters. The van der Waals surface area contributed by atoms with Gasteiger partial charge in [-0.2, -0.15) is 0 Å². The number of aryl methyl sites for hydroxylation is 2. The highest BCUT2D eigenvalue weighted by Gasteiger charge is 2.05. The molecule has 1 aromatic heterocycles. The van der Waals surface area contributed by atoms with E-state index in [4.69, 9.17) is 4.74 Å². The van der Waals surface area contributed by atoms with Gasteiger partial charge in [-0.05, 0) is 13.8 Å². The smallest absolute Gasteiger partial charge is 0.191 e. The summed E-state index contributed by atoms with van der Waals surface area (Å²) in [4.78, 5) is 9.77. The first kappa shape index (κ1) is 13.9. The van der Waals surface area contributed by atoms with Crippen LogP contribution in [-0.2, 0) is 11.3 Å². The summed E-state index contributed by atoms with van der Waals surface area (Å²) in [5.41, 5.74) is 1.09. The molecule has 1 aromatic rings. The van der Waals surface area contributed by atoms with Gasteiger partial charge >= 0.3 is 0 Å². The molecule has 96 valence electrons. The molecule has 17 heavy (non-hydrogen) atoms. The van der Waals surface area contributed by atoms with Gasteiger partial charge in [-0.3, -0.25) is 4.99 Å². The first-order valence-corrected chi connectivity index (χ1v) is 6.35. The van der Waals surface area contributed by atoms with E-state index in [9.17, 15) is 0 Å². The first-order chi connectivity index (χ1) is 8.17. The normalized spacial score (nSPS) is 11.6. The summed E-state index contributed by atoms with van der Waals surface area (Å²) in [5, 5.41) is 7.52. The molecule has 2 N–H and O–H groups in total. The summed E-state index contributed by atoms with van der Waals surface area (Å²) in [7, 11) is 3.44. The third-order valence-electron chi connectivity index (χ3n) is 2.24. The number of hydrogen-bond acceptors (Lipinski definition) is 4. The van der Waals surface area contributed by atoms with Gasteiger partial charge in [-0.1, -0.05) is 0 Å². The Bertz CT molecular complexity index is 376. The molecular weight excluding hydrogens is 236 g/mol. The number of methoxy groups -OCH3 is 1. The number of ether oxygens (including phenoxy) is 1. The predicted molar refractivity (Wildman–Crippen MR) is 71.7 cm³/mol. The number of rotatable bonds is 5. The van der Waals surface area contributed by atoms with E-state index in [2.05, 4.69) is 20.6 Å². The van der Waals surface area contributed by atoms with Crippen LogP contribution >= 0.6 is 11.3 Å². The van der Waals surface area contributed by atoms with Crippen LogP contribution in [0.15, 0.2) is 4.99 Å². The monoisotopic (exact) mass is 256 g/mol. The van der Waals surface area contributed by atoms with E-state index in [0.29, 0.717) is 6.61 Å². The van der Waals surface area contributed by atoms with Crippen molar-refractivity contribution in [3.63, 3.8) is 0 Å². The molecule has 1 rings (SSSR count). The fourth-order valence-corrected chi connectivity index (χ4v) is 2.27. The number of aromatic nitrogens is 1. The Morgan fingerprint density at radius 1 is 1.41 bits per heavy atom. The van der Waals surface area contributed by atoms with Crippen molar-refractivity contribution in [3.05, 3.63) is 15.6 Å². The molecule has 0 aliphatic carbocycles. The molecule has 0 aromatic carbocycles. The Morgan fingerprint density at radius 3 is 2.71 bits per heavy atom. The minimum absolute atomic E-state index is 0.666. The maximum Gasteiger partial charge on any atom is 0.191 e. The van der Waals surface area contributed by atoms with Gasteiger partial charge < -0.3 is 15.4 Å². The van der Waals surface area contributed by atoms with Gasteiger partial charge in [0.1, 0.15) is 0 Å². The predicted octanol–water partition coefficient (Wildman–Crippen LogP) is 1.07. The van der Waals surface area contributed by atoms with E-state index in [1.54, 1.807) is 25.5 Å². The van der Waals surface area contributed by atoms with Crippen LogP contribution in [0.25, 0.3) is 0 Å². The van der Waals surface area contributed by atoms with Gasteiger partial charge in [0, 0.05) is 25.6 Å². The lowest BCUT2D eigenvalue weighted by molar-refractivity contribution is 0.203. The molecule has 1 heterocycles. The molecule has 0 spiro atoms. The molecule has 0 saturated carbocycles. The summed E-state index contributed by atoms with van der Waals surface area (Å²) >= 11 is 1.71. The van der Waals surface area contributed by atoms with Crippen LogP contribution in [0, 0.1) is 13.8 Å². The molecule has 0 saturated heterocycles. The molecule has 5 nitrogen and oxygen atoms in total. The zero-order valence-corrected chi connectivity index (χ0v) is 11.6. The van der Waals surface area contributed by atoms with Crippen LogP contribution in [0.5, 0.6) is 0 Å². The number of nitrogens with zero attached hydrogens (tertiary/aromatic N) is 2. The Kier molecular flexibility index (Phi) is 5.93. The highest BCUT2D eigenvalue weighted by Crippen LogP contribution is 2.16. The van der Waals surface area contributed by atoms with Gasteiger partial charge in [0.2, 0.25) is 0 Å². The van der Waals surface area contributed by atoms with Crippen molar-refractivity contribution in [2.75, 3.05) is 27.3 Å². The topological polar surface area (TPSA) is 58.5 Å². The van der Waals surface area contributed by atoms with Crippen molar-refractivity contribution in [3.8, 4) is 0 Å². The molecule has 6 heteroatoms. The summed E-state index contributed by atoms with van der Waals surface area (Å²) in [6, 6.07) is 0. The van der Waals surface area contributed by atoms with Crippen molar-refractivity contribution in [1.82, 2.24) is 15.6 Å². The summed E-state index contributed by atoms with van der Waals surface area (Å²) in [6.07, 6.45) is 0. The minimum atomic E-state index is 0.666. The summed E-state index contributed by atoms with van der Waals surface area (Å²) in [5.74, 6) is 0.785. The van der Waals surface area contributed by atoms with E-state index >= 15 is 0 Å². The second-order valence-electron chi connectivity index (χ2n) is 3.59. The van der Waals surface area contributed by atoms with E-state index in [0.717, 1.165) is 29.8 Å². The standard InChI is InChI=1S/C11H20N4OS/c1-8-10(17-9(2)15-8)7-14-11(12-3)13-5-6-16-4/h5-7H2,1-4H3,(H2,12,13,14). The van der Waals surface area contributed by atoms with Gasteiger partial charge in [-0.25, -0.2) is 4.98 Å². The van der Waals surface area contributed by atoms with E-state index in [-0.39, 0.29) is 0 Å². The van der Waals surface area contributed by atoms with E-state index in [1.165, 1.54) is 4.88 Å². The van der Waals surface area contributed by atoms with Crippen LogP contribution in [0.2, 0.25) is 0 Å². The van der Waals surface area contributed by atoms with Gasteiger partial charge in [0.25, 0.3) is 0 Å². The molecule has 0 radical (unpaired) electrons. The van der Waals surface area contributed by atoms with Crippen LogP contribution in [0.1, 0.15) is 15.6 Å². The quantitative estimate of drug-likeness (QED) is 0.470. The van der Waals surface area contributed by atoms with E-state index < -0.39 is 0 Å². The Morgan fingerprint density at radius 2 is 2.18 bits per heavy atom. The van der Waals surface area contributed by atoms with Crippen LogP contribution in [0.4, 0.5) is 0 Å².